The summed E-state index contributed by atoms with van der Waals surface area (Å²) >= 11 is 0. The third-order valence-corrected chi connectivity index (χ3v) is 5.51. The molecule has 0 fully saturated rings. The van der Waals surface area contributed by atoms with Gasteiger partial charge in [0.25, 0.3) is 11.8 Å². The van der Waals surface area contributed by atoms with Gasteiger partial charge in [0.1, 0.15) is 17.2 Å². The average molecular weight is 447 g/mol. The Kier molecular flexibility index (Phi) is 6.49. The fourth-order valence-electron chi connectivity index (χ4n) is 3.73. The van der Waals surface area contributed by atoms with Crippen molar-refractivity contribution in [3.63, 3.8) is 0 Å². The first-order valence-corrected chi connectivity index (χ1v) is 10.6. The van der Waals surface area contributed by atoms with E-state index in [1.807, 2.05) is 30.3 Å². The highest BCUT2D eigenvalue weighted by atomic mass is 16.5. The Balaban J connectivity index is 1.54. The largest absolute Gasteiger partial charge is 0.497 e. The molecule has 4 rings (SSSR count). The van der Waals surface area contributed by atoms with Gasteiger partial charge in [0, 0.05) is 29.9 Å². The number of ether oxygens (including phenoxy) is 3. The number of carbonyl (C=O) groups excluding carboxylic acids is 2. The molecule has 1 atom stereocenters. The van der Waals surface area contributed by atoms with Gasteiger partial charge in [-0.05, 0) is 61.0 Å². The molecular formula is C26H26N2O5. The summed E-state index contributed by atoms with van der Waals surface area (Å²) in [6.45, 7) is 2.56. The van der Waals surface area contributed by atoms with E-state index in [4.69, 9.17) is 14.2 Å². The number of carbonyl (C=O) groups is 2. The van der Waals surface area contributed by atoms with Gasteiger partial charge in [0.2, 0.25) is 0 Å². The van der Waals surface area contributed by atoms with Gasteiger partial charge < -0.3 is 24.4 Å². The van der Waals surface area contributed by atoms with E-state index in [0.29, 0.717) is 35.8 Å². The first-order chi connectivity index (χ1) is 16.0. The number of amides is 2. The molecule has 0 unspecified atom stereocenters. The number of benzene rings is 3. The molecule has 0 aliphatic carbocycles. The average Bonchev–Trinajstić information content (AvgIpc) is 2.95. The van der Waals surface area contributed by atoms with E-state index in [1.165, 1.54) is 0 Å². The maximum atomic E-state index is 12.9. The zero-order valence-corrected chi connectivity index (χ0v) is 18.8. The predicted octanol–water partition coefficient (Wildman–Crippen LogP) is 4.27. The lowest BCUT2D eigenvalue weighted by atomic mass is 10.1. The third-order valence-electron chi connectivity index (χ3n) is 5.51. The Labute approximate surface area is 192 Å². The molecule has 3 aromatic rings. The van der Waals surface area contributed by atoms with Crippen LogP contribution in [0.1, 0.15) is 28.4 Å². The summed E-state index contributed by atoms with van der Waals surface area (Å²) in [7, 11) is 3.18. The van der Waals surface area contributed by atoms with Crippen molar-refractivity contribution >= 4 is 17.5 Å². The zero-order valence-electron chi connectivity index (χ0n) is 18.8. The molecule has 0 aromatic heterocycles. The maximum absolute atomic E-state index is 12.9. The lowest BCUT2D eigenvalue weighted by molar-refractivity contribution is -0.138. The van der Waals surface area contributed by atoms with Crippen molar-refractivity contribution in [2.45, 2.75) is 26.1 Å². The van der Waals surface area contributed by atoms with Crippen molar-refractivity contribution < 1.29 is 23.8 Å². The van der Waals surface area contributed by atoms with Gasteiger partial charge in [-0.25, -0.2) is 0 Å². The quantitative estimate of drug-likeness (QED) is 0.612. The molecule has 170 valence electrons. The van der Waals surface area contributed by atoms with E-state index in [0.717, 1.165) is 16.9 Å². The lowest BCUT2D eigenvalue weighted by Gasteiger charge is -2.22. The van der Waals surface area contributed by atoms with Gasteiger partial charge in [-0.15, -0.1) is 0 Å². The van der Waals surface area contributed by atoms with Crippen LogP contribution in [0, 0.1) is 0 Å². The molecule has 7 nitrogen and oxygen atoms in total. The van der Waals surface area contributed by atoms with Crippen LogP contribution >= 0.6 is 0 Å². The van der Waals surface area contributed by atoms with Gasteiger partial charge in [0.05, 0.1) is 14.2 Å². The van der Waals surface area contributed by atoms with Gasteiger partial charge in [-0.2, -0.15) is 0 Å². The van der Waals surface area contributed by atoms with Crippen molar-refractivity contribution in [1.29, 1.82) is 0 Å². The van der Waals surface area contributed by atoms with E-state index in [9.17, 15) is 9.59 Å². The van der Waals surface area contributed by atoms with Crippen molar-refractivity contribution in [3.8, 4) is 17.2 Å². The van der Waals surface area contributed by atoms with Crippen LogP contribution in [0.25, 0.3) is 0 Å². The number of fused-ring (bicyclic) bond motifs is 1. The molecule has 3 aromatic carbocycles. The van der Waals surface area contributed by atoms with Crippen LogP contribution in [0.3, 0.4) is 0 Å². The molecular weight excluding hydrogens is 420 g/mol. The van der Waals surface area contributed by atoms with Crippen molar-refractivity contribution in [1.82, 2.24) is 4.90 Å². The number of hydrogen-bond acceptors (Lipinski definition) is 5. The zero-order chi connectivity index (χ0) is 23.4. The van der Waals surface area contributed by atoms with Gasteiger partial charge in [0.15, 0.2) is 6.10 Å². The normalized spacial score (nSPS) is 15.2. The van der Waals surface area contributed by atoms with E-state index < -0.39 is 6.10 Å². The van der Waals surface area contributed by atoms with E-state index in [2.05, 4.69) is 5.32 Å². The highest BCUT2D eigenvalue weighted by molar-refractivity contribution is 6.04. The number of anilines is 1. The number of methoxy groups -OCH3 is 2. The summed E-state index contributed by atoms with van der Waals surface area (Å²) < 4.78 is 16.3. The van der Waals surface area contributed by atoms with Crippen molar-refractivity contribution in [2.75, 3.05) is 19.5 Å². The second-order valence-corrected chi connectivity index (χ2v) is 7.81. The summed E-state index contributed by atoms with van der Waals surface area (Å²) in [4.78, 5) is 27.4. The monoisotopic (exact) mass is 446 g/mol. The van der Waals surface area contributed by atoms with Crippen LogP contribution in [-0.4, -0.2) is 37.0 Å². The van der Waals surface area contributed by atoms with E-state index >= 15 is 0 Å². The van der Waals surface area contributed by atoms with Crippen LogP contribution in [0.4, 0.5) is 5.69 Å². The molecule has 2 amide bonds. The fourth-order valence-corrected chi connectivity index (χ4v) is 3.73. The standard InChI is InChI=1S/C26H26N2O5/c1-17-26(30)28(15-18-7-10-22(31-2)11-8-18)16-20-13-21(9-12-24(20)33-17)27-25(29)19-5-4-6-23(14-19)32-3/h4-14,17H,15-16H2,1-3H3,(H,27,29)/t17-/m1/s1. The summed E-state index contributed by atoms with van der Waals surface area (Å²) in [5.41, 5.74) is 2.92. The molecule has 0 saturated carbocycles. The molecule has 7 heteroatoms. The molecule has 1 heterocycles. The second-order valence-electron chi connectivity index (χ2n) is 7.81. The predicted molar refractivity (Wildman–Crippen MR) is 125 cm³/mol. The molecule has 0 bridgehead atoms. The Hall–Kier alpha value is -4.00. The number of nitrogens with one attached hydrogen (secondary N) is 1. The Bertz CT molecular complexity index is 1160. The van der Waals surface area contributed by atoms with Crippen molar-refractivity contribution in [2.24, 2.45) is 0 Å². The van der Waals surface area contributed by atoms with Crippen LogP contribution in [0.2, 0.25) is 0 Å². The highest BCUT2D eigenvalue weighted by Gasteiger charge is 2.28. The van der Waals surface area contributed by atoms with Gasteiger partial charge >= 0.3 is 0 Å². The smallest absolute Gasteiger partial charge is 0.263 e. The third kappa shape index (κ3) is 5.09. The molecule has 0 saturated heterocycles. The Morgan fingerprint density at radius 2 is 1.79 bits per heavy atom. The first-order valence-electron chi connectivity index (χ1n) is 10.6. The summed E-state index contributed by atoms with van der Waals surface area (Å²) in [5, 5.41) is 2.91. The van der Waals surface area contributed by atoms with Crippen LogP contribution < -0.4 is 19.5 Å². The van der Waals surface area contributed by atoms with Crippen LogP contribution in [0.5, 0.6) is 17.2 Å². The molecule has 1 N–H and O–H groups in total. The SMILES string of the molecule is COc1ccc(CN2Cc3cc(NC(=O)c4cccc(OC)c4)ccc3O[C@H](C)C2=O)cc1. The molecule has 0 radical (unpaired) electrons. The summed E-state index contributed by atoms with van der Waals surface area (Å²) in [5.74, 6) is 1.67. The number of hydrogen-bond donors (Lipinski definition) is 1. The fraction of sp³-hybridized carbons (Fsp3) is 0.231. The molecule has 0 spiro atoms. The molecule has 1 aliphatic heterocycles. The maximum Gasteiger partial charge on any atom is 0.263 e. The minimum absolute atomic E-state index is 0.0935. The topological polar surface area (TPSA) is 77.1 Å². The first kappa shape index (κ1) is 22.2. The Morgan fingerprint density at radius 1 is 1.03 bits per heavy atom. The molecule has 1 aliphatic rings. The minimum atomic E-state index is -0.610. The van der Waals surface area contributed by atoms with E-state index in [1.54, 1.807) is 62.4 Å². The van der Waals surface area contributed by atoms with Crippen molar-refractivity contribution in [3.05, 3.63) is 83.4 Å². The van der Waals surface area contributed by atoms with Gasteiger partial charge in [-0.1, -0.05) is 18.2 Å². The van der Waals surface area contributed by atoms with E-state index in [-0.39, 0.29) is 11.8 Å². The lowest BCUT2D eigenvalue weighted by Crippen LogP contribution is -2.37. The highest BCUT2D eigenvalue weighted by Crippen LogP contribution is 2.30. The van der Waals surface area contributed by atoms with Gasteiger partial charge in [-0.3, -0.25) is 9.59 Å². The summed E-state index contributed by atoms with van der Waals surface area (Å²) in [6.07, 6.45) is -0.610. The second kappa shape index (κ2) is 9.65. The molecule has 33 heavy (non-hydrogen) atoms. The Morgan fingerprint density at radius 3 is 2.52 bits per heavy atom. The number of rotatable bonds is 6. The van der Waals surface area contributed by atoms with Crippen LogP contribution in [0.15, 0.2) is 66.7 Å². The number of nitrogens with zero attached hydrogens (tertiary/aromatic N) is 1. The van der Waals surface area contributed by atoms with Crippen LogP contribution in [-0.2, 0) is 17.9 Å². The summed E-state index contributed by atoms with van der Waals surface area (Å²) in [6, 6.07) is 20.0. The minimum Gasteiger partial charge on any atom is -0.497 e.